The van der Waals surface area contributed by atoms with Crippen LogP contribution in [0.25, 0.3) is 0 Å². The van der Waals surface area contributed by atoms with E-state index in [4.69, 9.17) is 9.47 Å². The van der Waals surface area contributed by atoms with Crippen molar-refractivity contribution in [3.05, 3.63) is 0 Å². The average Bonchev–Trinajstić information content (AvgIpc) is 2.35. The minimum absolute atomic E-state index is 0.406. The summed E-state index contributed by atoms with van der Waals surface area (Å²) in [5, 5.41) is 0. The topological polar surface area (TPSA) is 52.6 Å². The van der Waals surface area contributed by atoms with Crippen LogP contribution in [-0.4, -0.2) is 33.6 Å². The average molecular weight is 351 g/mol. The Bertz CT molecular complexity index is 333. The molecular weight excluding hydrogens is 320 g/mol. The van der Waals surface area contributed by atoms with Crippen LogP contribution < -0.4 is 0 Å². The van der Waals surface area contributed by atoms with Crippen molar-refractivity contribution < 1.29 is 19.1 Å². The molecule has 4 nitrogen and oxygen atoms in total. The normalized spacial score (nSPS) is 15.1. The highest BCUT2D eigenvalue weighted by Gasteiger charge is 2.35. The number of hydrogen-bond acceptors (Lipinski definition) is 6. The lowest BCUT2D eigenvalue weighted by atomic mass is 10.0. The highest BCUT2D eigenvalue weighted by Crippen LogP contribution is 2.24. The Morgan fingerprint density at radius 3 is 1.27 bits per heavy atom. The summed E-state index contributed by atoms with van der Waals surface area (Å²) >= 11 is 8.47. The highest BCUT2D eigenvalue weighted by atomic mass is 32.1. The van der Waals surface area contributed by atoms with Gasteiger partial charge in [0.15, 0.2) is 0 Å². The molecule has 0 aromatic heterocycles. The highest BCUT2D eigenvalue weighted by molar-refractivity contribution is 7.82. The Morgan fingerprint density at radius 1 is 0.818 bits per heavy atom. The van der Waals surface area contributed by atoms with Gasteiger partial charge in [0.1, 0.15) is 21.7 Å². The second-order valence-electron chi connectivity index (χ2n) is 6.58. The van der Waals surface area contributed by atoms with E-state index in [1.165, 1.54) is 0 Å². The van der Waals surface area contributed by atoms with Gasteiger partial charge in [0, 0.05) is 0 Å². The molecule has 2 unspecified atom stereocenters. The first-order valence-corrected chi connectivity index (χ1v) is 8.69. The third kappa shape index (κ3) is 7.77. The van der Waals surface area contributed by atoms with Crippen LogP contribution in [0.5, 0.6) is 0 Å². The summed E-state index contributed by atoms with van der Waals surface area (Å²) < 4.78 is 9.37. The third-order valence-electron chi connectivity index (χ3n) is 3.08. The molecule has 0 rings (SSSR count). The summed E-state index contributed by atoms with van der Waals surface area (Å²) in [7, 11) is 0. The van der Waals surface area contributed by atoms with E-state index in [1.54, 1.807) is 27.7 Å². The van der Waals surface area contributed by atoms with Gasteiger partial charge < -0.3 is 9.47 Å². The van der Waals surface area contributed by atoms with Crippen molar-refractivity contribution in [2.45, 2.75) is 88.9 Å². The maximum Gasteiger partial charge on any atom is 0.321 e. The fourth-order valence-electron chi connectivity index (χ4n) is 1.77. The molecule has 0 N–H and O–H groups in total. The van der Waals surface area contributed by atoms with E-state index in [1.807, 2.05) is 13.8 Å². The van der Waals surface area contributed by atoms with Gasteiger partial charge in [-0.15, -0.1) is 0 Å². The number of esters is 2. The van der Waals surface area contributed by atoms with Gasteiger partial charge in [0.05, 0.1) is 0 Å². The first-order valence-electron chi connectivity index (χ1n) is 7.80. The van der Waals surface area contributed by atoms with E-state index < -0.39 is 33.6 Å². The van der Waals surface area contributed by atoms with Crippen LogP contribution in [0, 0.1) is 0 Å². The Kier molecular flexibility index (Phi) is 8.91. The van der Waals surface area contributed by atoms with Gasteiger partial charge in [0.25, 0.3) is 0 Å². The fraction of sp³-hybridized carbons (Fsp3) is 0.875. The lowest BCUT2D eigenvalue weighted by molar-refractivity contribution is -0.171. The van der Waals surface area contributed by atoms with E-state index in [9.17, 15) is 9.59 Å². The molecule has 0 aliphatic heterocycles. The van der Waals surface area contributed by atoms with Crippen LogP contribution in [0.15, 0.2) is 0 Å². The molecule has 0 saturated carbocycles. The molecule has 0 aromatic rings. The quantitative estimate of drug-likeness (QED) is 0.490. The largest absolute Gasteiger partial charge is 0.457 e. The number of thiol groups is 2. The Hall–Kier alpha value is -0.360. The van der Waals surface area contributed by atoms with Crippen molar-refractivity contribution in [1.29, 1.82) is 0 Å². The molecule has 0 spiro atoms. The summed E-state index contributed by atoms with van der Waals surface area (Å²) in [5.41, 5.74) is 0. The van der Waals surface area contributed by atoms with Gasteiger partial charge >= 0.3 is 11.9 Å². The zero-order chi connectivity index (χ0) is 17.6. The Labute approximate surface area is 145 Å². The van der Waals surface area contributed by atoms with Crippen LogP contribution in [0.2, 0.25) is 0 Å². The van der Waals surface area contributed by atoms with Gasteiger partial charge in [0.2, 0.25) is 0 Å². The second-order valence-corrected chi connectivity index (χ2v) is 8.82. The molecule has 0 aromatic carbocycles. The van der Waals surface area contributed by atoms with Gasteiger partial charge in [-0.05, 0) is 40.5 Å². The predicted molar refractivity (Wildman–Crippen MR) is 95.7 cm³/mol. The first-order chi connectivity index (χ1) is 9.93. The van der Waals surface area contributed by atoms with Crippen molar-refractivity contribution in [3.63, 3.8) is 0 Å². The van der Waals surface area contributed by atoms with Gasteiger partial charge in [-0.1, -0.05) is 26.7 Å². The lowest BCUT2D eigenvalue weighted by Gasteiger charge is -2.30. The molecule has 0 fully saturated rings. The molecule has 6 heteroatoms. The van der Waals surface area contributed by atoms with E-state index in [2.05, 4.69) is 25.3 Å². The maximum atomic E-state index is 12.1. The van der Waals surface area contributed by atoms with Crippen molar-refractivity contribution in [1.82, 2.24) is 0 Å². The molecule has 2 atom stereocenters. The molecule has 0 saturated heterocycles. The number of rotatable bonds is 9. The molecule has 0 radical (unpaired) electrons. The van der Waals surface area contributed by atoms with E-state index in [0.717, 1.165) is 12.8 Å². The number of carbonyl (C=O) groups excluding carboxylic acids is 2. The van der Waals surface area contributed by atoms with Gasteiger partial charge in [-0.3, -0.25) is 9.59 Å². The van der Waals surface area contributed by atoms with Crippen molar-refractivity contribution >= 4 is 37.2 Å². The molecule has 0 amide bonds. The molecule has 0 bridgehead atoms. The zero-order valence-corrected chi connectivity index (χ0v) is 16.3. The fourth-order valence-corrected chi connectivity index (χ4v) is 1.88. The van der Waals surface area contributed by atoms with Crippen molar-refractivity contribution in [3.8, 4) is 0 Å². The zero-order valence-electron chi connectivity index (χ0n) is 14.5. The monoisotopic (exact) mass is 350 g/mol. The lowest BCUT2D eigenvalue weighted by Crippen LogP contribution is -2.42. The molecule has 0 heterocycles. The van der Waals surface area contributed by atoms with Crippen LogP contribution in [0.3, 0.4) is 0 Å². The summed E-state index contributed by atoms with van der Waals surface area (Å²) in [5.74, 6) is -0.812. The van der Waals surface area contributed by atoms with Gasteiger partial charge in [-0.2, -0.15) is 25.3 Å². The molecule has 0 aliphatic carbocycles. The molecular formula is C16H30O4S2. The van der Waals surface area contributed by atoms with Crippen molar-refractivity contribution in [2.75, 3.05) is 0 Å². The first kappa shape index (κ1) is 21.6. The second kappa shape index (κ2) is 9.06. The molecule has 130 valence electrons. The van der Waals surface area contributed by atoms with Crippen LogP contribution in [-0.2, 0) is 19.1 Å². The van der Waals surface area contributed by atoms with Crippen LogP contribution in [0.1, 0.15) is 67.2 Å². The SMILES string of the molecule is CCCC(OC(=O)C(C)(C)S)C(CCC)OC(=O)C(C)(C)S. The summed E-state index contributed by atoms with van der Waals surface area (Å²) in [4.78, 5) is 24.2. The summed E-state index contributed by atoms with van der Waals surface area (Å²) in [6, 6.07) is 0. The van der Waals surface area contributed by atoms with Gasteiger partial charge in [-0.25, -0.2) is 0 Å². The number of hydrogen-bond donors (Lipinski definition) is 2. The number of carbonyl (C=O) groups is 2. The van der Waals surface area contributed by atoms with Crippen LogP contribution >= 0.6 is 25.3 Å². The minimum atomic E-state index is -0.879. The van der Waals surface area contributed by atoms with E-state index in [-0.39, 0.29) is 0 Å². The Morgan fingerprint density at radius 2 is 1.09 bits per heavy atom. The van der Waals surface area contributed by atoms with Crippen molar-refractivity contribution in [2.24, 2.45) is 0 Å². The van der Waals surface area contributed by atoms with E-state index >= 15 is 0 Å². The number of ether oxygens (including phenoxy) is 2. The molecule has 0 aliphatic rings. The predicted octanol–water partition coefficient (Wildman–Crippen LogP) is 3.83. The summed E-state index contributed by atoms with van der Waals surface area (Å²) in [6.45, 7) is 10.7. The summed E-state index contributed by atoms with van der Waals surface area (Å²) in [6.07, 6.45) is 2.02. The third-order valence-corrected chi connectivity index (χ3v) is 3.44. The minimum Gasteiger partial charge on any atom is -0.457 e. The maximum absolute atomic E-state index is 12.1. The molecule has 22 heavy (non-hydrogen) atoms. The van der Waals surface area contributed by atoms with E-state index in [0.29, 0.717) is 12.8 Å². The smallest absolute Gasteiger partial charge is 0.321 e. The van der Waals surface area contributed by atoms with Crippen LogP contribution in [0.4, 0.5) is 0 Å². The standard InChI is InChI=1S/C16H30O4S2/c1-7-9-11(19-13(17)15(3,4)21)12(10-8-2)20-14(18)16(5,6)22/h11-12,21-22H,7-10H2,1-6H3. The Balaban J connectivity index is 5.10.